The summed E-state index contributed by atoms with van der Waals surface area (Å²) in [5.41, 5.74) is 2.14. The monoisotopic (exact) mass is 400 g/mol. The lowest BCUT2D eigenvalue weighted by Crippen LogP contribution is -2.02. The smallest absolute Gasteiger partial charge is 0.508 e. The summed E-state index contributed by atoms with van der Waals surface area (Å²) < 4.78 is 17.4. The predicted molar refractivity (Wildman–Crippen MR) is 107 cm³/mol. The highest BCUT2D eigenvalue weighted by atomic mass is 31.2. The van der Waals surface area contributed by atoms with Gasteiger partial charge in [-0.25, -0.2) is 0 Å². The van der Waals surface area contributed by atoms with Gasteiger partial charge in [-0.05, 0) is 55.7 Å². The van der Waals surface area contributed by atoms with Crippen LogP contribution in [0, 0.1) is 20.8 Å². The Morgan fingerprint density at radius 3 is 1.07 bits per heavy atom. The van der Waals surface area contributed by atoms with Gasteiger partial charge in [-0.1, -0.05) is 18.2 Å². The van der Waals surface area contributed by atoms with Crippen molar-refractivity contribution in [3.05, 3.63) is 71.3 Å². The van der Waals surface area contributed by atoms with Crippen LogP contribution in [0.5, 0.6) is 34.5 Å². The van der Waals surface area contributed by atoms with Crippen LogP contribution in [0.15, 0.2) is 54.6 Å². The minimum atomic E-state index is -1.99. The quantitative estimate of drug-likeness (QED) is 0.474. The third-order valence-corrected chi connectivity index (χ3v) is 5.16. The summed E-state index contributed by atoms with van der Waals surface area (Å²) in [7, 11) is -1.99. The van der Waals surface area contributed by atoms with E-state index in [2.05, 4.69) is 0 Å². The van der Waals surface area contributed by atoms with Crippen LogP contribution in [0.1, 0.15) is 16.7 Å². The van der Waals surface area contributed by atoms with Gasteiger partial charge in [-0.2, -0.15) is 0 Å². The summed E-state index contributed by atoms with van der Waals surface area (Å²) in [6, 6.07) is 14.6. The highest BCUT2D eigenvalue weighted by Gasteiger charge is 2.21. The third kappa shape index (κ3) is 4.78. The first-order chi connectivity index (χ1) is 13.3. The lowest BCUT2D eigenvalue weighted by atomic mass is 10.2. The molecule has 0 saturated carbocycles. The fourth-order valence-electron chi connectivity index (χ4n) is 2.25. The van der Waals surface area contributed by atoms with Gasteiger partial charge in [0, 0.05) is 18.2 Å². The largest absolute Gasteiger partial charge is 0.530 e. The van der Waals surface area contributed by atoms with E-state index in [1.54, 1.807) is 57.2 Å². The normalized spacial score (nSPS) is 10.7. The van der Waals surface area contributed by atoms with E-state index >= 15 is 0 Å². The molecule has 3 rings (SSSR count). The van der Waals surface area contributed by atoms with Gasteiger partial charge in [-0.15, -0.1) is 0 Å². The Kier molecular flexibility index (Phi) is 5.81. The molecular formula is C21H21O6P. The van der Waals surface area contributed by atoms with Crippen molar-refractivity contribution in [1.29, 1.82) is 0 Å². The Bertz CT molecular complexity index is 861. The van der Waals surface area contributed by atoms with E-state index in [4.69, 9.17) is 13.6 Å². The summed E-state index contributed by atoms with van der Waals surface area (Å²) >= 11 is 0. The standard InChI is InChI=1S/C21H21O6P/c1-13-4-7-16(10-19(13)22)25-28(26-17-8-5-14(2)20(23)11-17)27-18-9-6-15(3)21(24)12-18/h4-12,22-24H,1-3H3. The van der Waals surface area contributed by atoms with Crippen LogP contribution < -0.4 is 13.6 Å². The first kappa shape index (κ1) is 19.6. The van der Waals surface area contributed by atoms with Gasteiger partial charge >= 0.3 is 8.60 Å². The van der Waals surface area contributed by atoms with Gasteiger partial charge in [0.25, 0.3) is 0 Å². The molecule has 6 nitrogen and oxygen atoms in total. The fourth-order valence-corrected chi connectivity index (χ4v) is 3.22. The zero-order valence-corrected chi connectivity index (χ0v) is 16.6. The number of rotatable bonds is 6. The lowest BCUT2D eigenvalue weighted by molar-refractivity contribution is 0.383. The molecule has 146 valence electrons. The topological polar surface area (TPSA) is 88.4 Å². The van der Waals surface area contributed by atoms with E-state index in [1.165, 1.54) is 18.2 Å². The maximum absolute atomic E-state index is 9.91. The molecule has 7 heteroatoms. The first-order valence-corrected chi connectivity index (χ1v) is 9.64. The number of aryl methyl sites for hydroxylation is 3. The SMILES string of the molecule is Cc1ccc(OP(Oc2ccc(C)c(O)c2)Oc2ccc(C)c(O)c2)cc1O. The molecule has 0 heterocycles. The van der Waals surface area contributed by atoms with Crippen molar-refractivity contribution in [3.8, 4) is 34.5 Å². The summed E-state index contributed by atoms with van der Waals surface area (Å²) in [6.07, 6.45) is 0. The van der Waals surface area contributed by atoms with E-state index in [0.29, 0.717) is 33.9 Å². The zero-order valence-electron chi connectivity index (χ0n) is 15.7. The van der Waals surface area contributed by atoms with E-state index in [0.717, 1.165) is 0 Å². The molecule has 0 aliphatic carbocycles. The van der Waals surface area contributed by atoms with Crippen LogP contribution in [-0.2, 0) is 0 Å². The van der Waals surface area contributed by atoms with Crippen molar-refractivity contribution >= 4 is 8.60 Å². The maximum Gasteiger partial charge on any atom is 0.530 e. The van der Waals surface area contributed by atoms with Gasteiger partial charge in [0.1, 0.15) is 34.5 Å². The van der Waals surface area contributed by atoms with Crippen molar-refractivity contribution in [2.24, 2.45) is 0 Å². The summed E-state index contributed by atoms with van der Waals surface area (Å²) in [4.78, 5) is 0. The van der Waals surface area contributed by atoms with Crippen molar-refractivity contribution < 1.29 is 28.9 Å². The number of benzene rings is 3. The maximum atomic E-state index is 9.91. The molecular weight excluding hydrogens is 379 g/mol. The minimum Gasteiger partial charge on any atom is -0.508 e. The van der Waals surface area contributed by atoms with E-state index in [1.807, 2.05) is 0 Å². The molecule has 0 aliphatic heterocycles. The fraction of sp³-hybridized carbons (Fsp3) is 0.143. The summed E-state index contributed by atoms with van der Waals surface area (Å²) in [6.45, 7) is 5.33. The van der Waals surface area contributed by atoms with Crippen LogP contribution in [0.3, 0.4) is 0 Å². The minimum absolute atomic E-state index is 0.0911. The Labute approximate surface area is 164 Å². The third-order valence-electron chi connectivity index (χ3n) is 4.08. The Hall–Kier alpha value is -3.11. The van der Waals surface area contributed by atoms with Crippen molar-refractivity contribution in [3.63, 3.8) is 0 Å². The number of hydrogen-bond acceptors (Lipinski definition) is 6. The van der Waals surface area contributed by atoms with Gasteiger partial charge in [0.15, 0.2) is 0 Å². The van der Waals surface area contributed by atoms with Crippen LogP contribution in [0.2, 0.25) is 0 Å². The van der Waals surface area contributed by atoms with E-state index in [9.17, 15) is 15.3 Å². The van der Waals surface area contributed by atoms with Crippen LogP contribution in [0.25, 0.3) is 0 Å². The van der Waals surface area contributed by atoms with E-state index < -0.39 is 8.60 Å². The van der Waals surface area contributed by atoms with Crippen molar-refractivity contribution in [2.75, 3.05) is 0 Å². The van der Waals surface area contributed by atoms with Crippen LogP contribution in [-0.4, -0.2) is 15.3 Å². The molecule has 0 aliphatic rings. The second-order valence-corrected chi connectivity index (χ2v) is 7.34. The molecule has 0 saturated heterocycles. The second-order valence-electron chi connectivity index (χ2n) is 6.34. The molecule has 0 amide bonds. The Balaban J connectivity index is 1.86. The molecule has 0 aromatic heterocycles. The molecule has 3 aromatic rings. The molecule has 3 N–H and O–H groups in total. The average molecular weight is 400 g/mol. The molecule has 0 spiro atoms. The molecule has 0 fully saturated rings. The number of phenols is 3. The highest BCUT2D eigenvalue weighted by molar-refractivity contribution is 7.43. The Morgan fingerprint density at radius 1 is 0.536 bits per heavy atom. The van der Waals surface area contributed by atoms with E-state index in [-0.39, 0.29) is 17.2 Å². The summed E-state index contributed by atoms with van der Waals surface area (Å²) in [5.74, 6) is 1.36. The Morgan fingerprint density at radius 2 is 0.821 bits per heavy atom. The number of phenolic OH excluding ortho intramolecular Hbond substituents is 3. The van der Waals surface area contributed by atoms with Crippen molar-refractivity contribution in [2.45, 2.75) is 20.8 Å². The zero-order chi connectivity index (χ0) is 20.3. The predicted octanol–water partition coefficient (Wildman–Crippen LogP) is 5.49. The molecule has 28 heavy (non-hydrogen) atoms. The van der Waals surface area contributed by atoms with Gasteiger partial charge in [0.05, 0.1) is 0 Å². The molecule has 3 aromatic carbocycles. The summed E-state index contributed by atoms with van der Waals surface area (Å²) in [5, 5.41) is 29.7. The van der Waals surface area contributed by atoms with Crippen molar-refractivity contribution in [1.82, 2.24) is 0 Å². The molecule has 0 unspecified atom stereocenters. The molecule has 0 atom stereocenters. The van der Waals surface area contributed by atoms with Gasteiger partial charge < -0.3 is 28.9 Å². The van der Waals surface area contributed by atoms with Crippen LogP contribution in [0.4, 0.5) is 0 Å². The van der Waals surface area contributed by atoms with Crippen LogP contribution >= 0.6 is 8.60 Å². The lowest BCUT2D eigenvalue weighted by Gasteiger charge is -2.19. The van der Waals surface area contributed by atoms with Gasteiger partial charge in [-0.3, -0.25) is 0 Å². The number of hydrogen-bond donors (Lipinski definition) is 3. The highest BCUT2D eigenvalue weighted by Crippen LogP contribution is 2.44. The average Bonchev–Trinajstić information content (AvgIpc) is 2.64. The molecule has 0 bridgehead atoms. The van der Waals surface area contributed by atoms with Gasteiger partial charge in [0.2, 0.25) is 0 Å². The first-order valence-electron chi connectivity index (χ1n) is 8.55. The number of aromatic hydroxyl groups is 3. The second kappa shape index (κ2) is 8.28. The molecule has 0 radical (unpaired) electrons.